The van der Waals surface area contributed by atoms with Crippen molar-refractivity contribution in [2.75, 3.05) is 26.9 Å². The predicted octanol–water partition coefficient (Wildman–Crippen LogP) is 3.77. The molecule has 0 saturated heterocycles. The Morgan fingerprint density at radius 2 is 1.79 bits per heavy atom. The summed E-state index contributed by atoms with van der Waals surface area (Å²) in [6, 6.07) is 15.8. The molecule has 2 aliphatic rings. The van der Waals surface area contributed by atoms with Crippen LogP contribution in [0.3, 0.4) is 0 Å². The first-order valence-corrected chi connectivity index (χ1v) is 9.97. The first kappa shape index (κ1) is 18.8. The molecule has 0 aromatic heterocycles. The van der Waals surface area contributed by atoms with Crippen LogP contribution in [0.5, 0.6) is 11.5 Å². The van der Waals surface area contributed by atoms with Crippen molar-refractivity contribution in [3.05, 3.63) is 59.7 Å². The van der Waals surface area contributed by atoms with Gasteiger partial charge >= 0.3 is 0 Å². The minimum Gasteiger partial charge on any atom is -0.486 e. The molecule has 2 aromatic rings. The Hall–Kier alpha value is -2.53. The molecule has 0 spiro atoms. The second kappa shape index (κ2) is 8.23. The largest absolute Gasteiger partial charge is 0.486 e. The lowest BCUT2D eigenvalue weighted by Gasteiger charge is -2.32. The van der Waals surface area contributed by atoms with E-state index in [0.29, 0.717) is 19.8 Å². The average molecular weight is 381 g/mol. The minimum atomic E-state index is -0.597. The standard InChI is InChI=1S/C23H27NO4/c1-26-21(17-7-3-2-4-8-17)22(25)24-16-23(11-5-6-12-23)18-9-10-19-20(15-18)28-14-13-27-19/h2-4,7-10,15,21H,5-6,11-14,16H2,1H3,(H,24,25). The van der Waals surface area contributed by atoms with Crippen LogP contribution in [0.2, 0.25) is 0 Å². The number of methoxy groups -OCH3 is 1. The zero-order chi connectivity index (χ0) is 19.4. The molecular formula is C23H27NO4. The third kappa shape index (κ3) is 3.72. The third-order valence-electron chi connectivity index (χ3n) is 5.89. The highest BCUT2D eigenvalue weighted by molar-refractivity contribution is 5.82. The van der Waals surface area contributed by atoms with Crippen molar-refractivity contribution in [1.29, 1.82) is 0 Å². The first-order chi connectivity index (χ1) is 13.7. The van der Waals surface area contributed by atoms with Crippen LogP contribution in [0.15, 0.2) is 48.5 Å². The highest BCUT2D eigenvalue weighted by Crippen LogP contribution is 2.44. The molecule has 0 bridgehead atoms. The first-order valence-electron chi connectivity index (χ1n) is 9.97. The molecule has 1 saturated carbocycles. The van der Waals surface area contributed by atoms with Crippen molar-refractivity contribution in [3.63, 3.8) is 0 Å². The van der Waals surface area contributed by atoms with Crippen LogP contribution in [0.1, 0.15) is 42.9 Å². The molecule has 0 radical (unpaired) electrons. The highest BCUT2D eigenvalue weighted by atomic mass is 16.6. The molecule has 1 aliphatic heterocycles. The summed E-state index contributed by atoms with van der Waals surface area (Å²) in [5.41, 5.74) is 2.01. The molecule has 28 heavy (non-hydrogen) atoms. The summed E-state index contributed by atoms with van der Waals surface area (Å²) in [7, 11) is 1.57. The fourth-order valence-electron chi connectivity index (χ4n) is 4.36. The number of nitrogens with one attached hydrogen (secondary N) is 1. The van der Waals surface area contributed by atoms with Gasteiger partial charge in [-0.1, -0.05) is 49.2 Å². The second-order valence-electron chi connectivity index (χ2n) is 7.59. The summed E-state index contributed by atoms with van der Waals surface area (Å²) in [6.45, 7) is 1.76. The molecule has 1 N–H and O–H groups in total. The van der Waals surface area contributed by atoms with Crippen LogP contribution in [0, 0.1) is 0 Å². The zero-order valence-corrected chi connectivity index (χ0v) is 16.3. The molecule has 2 aromatic carbocycles. The van der Waals surface area contributed by atoms with Gasteiger partial charge in [-0.2, -0.15) is 0 Å². The Balaban J connectivity index is 1.51. The van der Waals surface area contributed by atoms with Crippen LogP contribution in [0.25, 0.3) is 0 Å². The van der Waals surface area contributed by atoms with E-state index in [-0.39, 0.29) is 11.3 Å². The number of amides is 1. The molecule has 1 atom stereocenters. The normalized spacial score (nSPS) is 18.5. The fraction of sp³-hybridized carbons (Fsp3) is 0.435. The maximum absolute atomic E-state index is 12.9. The molecule has 5 nitrogen and oxygen atoms in total. The highest BCUT2D eigenvalue weighted by Gasteiger charge is 2.37. The van der Waals surface area contributed by atoms with Crippen LogP contribution in [-0.4, -0.2) is 32.8 Å². The van der Waals surface area contributed by atoms with E-state index in [9.17, 15) is 4.79 Å². The van der Waals surface area contributed by atoms with E-state index >= 15 is 0 Å². The molecule has 148 valence electrons. The van der Waals surface area contributed by atoms with Gasteiger partial charge in [0.25, 0.3) is 5.91 Å². The number of carbonyl (C=O) groups is 1. The van der Waals surface area contributed by atoms with Gasteiger partial charge in [-0.05, 0) is 36.1 Å². The Bertz CT molecular complexity index is 815. The van der Waals surface area contributed by atoms with Crippen molar-refractivity contribution < 1.29 is 19.0 Å². The van der Waals surface area contributed by atoms with Gasteiger partial charge in [-0.15, -0.1) is 0 Å². The van der Waals surface area contributed by atoms with E-state index in [2.05, 4.69) is 17.4 Å². The van der Waals surface area contributed by atoms with Crippen molar-refractivity contribution in [1.82, 2.24) is 5.32 Å². The summed E-state index contributed by atoms with van der Waals surface area (Å²) in [6.07, 6.45) is 3.83. The van der Waals surface area contributed by atoms with Gasteiger partial charge in [-0.25, -0.2) is 0 Å². The number of hydrogen-bond acceptors (Lipinski definition) is 4. The molecule has 5 heteroatoms. The molecule has 4 rings (SSSR count). The van der Waals surface area contributed by atoms with E-state index in [4.69, 9.17) is 14.2 Å². The maximum Gasteiger partial charge on any atom is 0.253 e. The zero-order valence-electron chi connectivity index (χ0n) is 16.3. The molecule has 1 aliphatic carbocycles. The van der Waals surface area contributed by atoms with Gasteiger partial charge in [0.15, 0.2) is 17.6 Å². The Labute approximate surface area is 166 Å². The lowest BCUT2D eigenvalue weighted by atomic mass is 9.78. The summed E-state index contributed by atoms with van der Waals surface area (Å²) in [5, 5.41) is 3.16. The second-order valence-corrected chi connectivity index (χ2v) is 7.59. The number of hydrogen-bond donors (Lipinski definition) is 1. The lowest BCUT2D eigenvalue weighted by Crippen LogP contribution is -2.41. The van der Waals surface area contributed by atoms with Gasteiger partial charge in [-0.3, -0.25) is 4.79 Å². The summed E-state index contributed by atoms with van der Waals surface area (Å²) in [5.74, 6) is 1.51. The van der Waals surface area contributed by atoms with Crippen LogP contribution in [0.4, 0.5) is 0 Å². The molecule has 1 fully saturated rings. The molecule has 1 unspecified atom stereocenters. The molecule has 1 heterocycles. The van der Waals surface area contributed by atoms with E-state index in [1.54, 1.807) is 7.11 Å². The number of fused-ring (bicyclic) bond motifs is 1. The van der Waals surface area contributed by atoms with E-state index < -0.39 is 6.10 Å². The van der Waals surface area contributed by atoms with Crippen molar-refractivity contribution in [2.45, 2.75) is 37.2 Å². The van der Waals surface area contributed by atoms with Gasteiger partial charge in [0.05, 0.1) is 0 Å². The van der Waals surface area contributed by atoms with Crippen molar-refractivity contribution in [3.8, 4) is 11.5 Å². The predicted molar refractivity (Wildman–Crippen MR) is 107 cm³/mol. The van der Waals surface area contributed by atoms with Crippen molar-refractivity contribution in [2.24, 2.45) is 0 Å². The van der Waals surface area contributed by atoms with Crippen LogP contribution < -0.4 is 14.8 Å². The Morgan fingerprint density at radius 1 is 1.07 bits per heavy atom. The van der Waals surface area contributed by atoms with Gasteiger partial charge in [0, 0.05) is 19.1 Å². The summed E-state index contributed by atoms with van der Waals surface area (Å²) >= 11 is 0. The average Bonchev–Trinajstić information content (AvgIpc) is 3.23. The topological polar surface area (TPSA) is 56.8 Å². The van der Waals surface area contributed by atoms with Crippen LogP contribution in [-0.2, 0) is 14.9 Å². The Morgan fingerprint density at radius 3 is 2.50 bits per heavy atom. The summed E-state index contributed by atoms with van der Waals surface area (Å²) in [4.78, 5) is 12.9. The number of benzene rings is 2. The Kier molecular flexibility index (Phi) is 5.53. The smallest absolute Gasteiger partial charge is 0.253 e. The third-order valence-corrected chi connectivity index (χ3v) is 5.89. The van der Waals surface area contributed by atoms with Gasteiger partial charge < -0.3 is 19.5 Å². The van der Waals surface area contributed by atoms with Gasteiger partial charge in [0.2, 0.25) is 0 Å². The maximum atomic E-state index is 12.9. The van der Waals surface area contributed by atoms with E-state index in [0.717, 1.165) is 42.7 Å². The summed E-state index contributed by atoms with van der Waals surface area (Å²) < 4.78 is 16.9. The number of rotatable bonds is 6. The van der Waals surface area contributed by atoms with Crippen LogP contribution >= 0.6 is 0 Å². The van der Waals surface area contributed by atoms with Gasteiger partial charge in [0.1, 0.15) is 13.2 Å². The quantitative estimate of drug-likeness (QED) is 0.828. The number of carbonyl (C=O) groups excluding carboxylic acids is 1. The lowest BCUT2D eigenvalue weighted by molar-refractivity contribution is -0.131. The monoisotopic (exact) mass is 381 g/mol. The van der Waals surface area contributed by atoms with E-state index in [1.165, 1.54) is 5.56 Å². The minimum absolute atomic E-state index is 0.0690. The fourth-order valence-corrected chi connectivity index (χ4v) is 4.36. The SMILES string of the molecule is COC(C(=O)NCC1(c2ccc3c(c2)OCCO3)CCCC1)c1ccccc1. The number of ether oxygens (including phenoxy) is 3. The van der Waals surface area contributed by atoms with Crippen molar-refractivity contribution >= 4 is 5.91 Å². The molecule has 1 amide bonds. The molecular weight excluding hydrogens is 354 g/mol. The van der Waals surface area contributed by atoms with E-state index in [1.807, 2.05) is 36.4 Å².